The van der Waals surface area contributed by atoms with Gasteiger partial charge < -0.3 is 0 Å². The van der Waals surface area contributed by atoms with Crippen molar-refractivity contribution in [1.82, 2.24) is 0 Å². The van der Waals surface area contributed by atoms with E-state index in [1.165, 1.54) is 5.54 Å². The highest BCUT2D eigenvalue weighted by Gasteiger charge is 2.07. The summed E-state index contributed by atoms with van der Waals surface area (Å²) in [6.45, 7) is 0. The third kappa shape index (κ3) is 2.93. The highest BCUT2D eigenvalue weighted by atomic mass is 35.5. The van der Waals surface area contributed by atoms with Crippen LogP contribution in [-0.2, 0) is 0 Å². The van der Waals surface area contributed by atoms with E-state index in [4.69, 9.17) is 46.4 Å². The van der Waals surface area contributed by atoms with Gasteiger partial charge in [0.05, 0.1) is 15.1 Å². The lowest BCUT2D eigenvalue weighted by Crippen LogP contribution is -1.80. The van der Waals surface area contributed by atoms with Gasteiger partial charge in [-0.05, 0) is 5.56 Å². The van der Waals surface area contributed by atoms with Crippen molar-refractivity contribution in [3.8, 4) is 0 Å². The fourth-order valence-corrected chi connectivity index (χ4v) is 1.56. The molecule has 0 unspecified atom stereocenters. The Kier molecular flexibility index (Phi) is 4.83. The standard InChI is InChI=1S/C10H6Cl4/c11-6-8(12)10(14)9(13)7-4-2-1-3-5-7/h1-6H. The zero-order valence-electron chi connectivity index (χ0n) is 6.98. The summed E-state index contributed by atoms with van der Waals surface area (Å²) in [7, 11) is 0. The maximum Gasteiger partial charge on any atom is 0.0793 e. The molecule has 0 nitrogen and oxygen atoms in total. The van der Waals surface area contributed by atoms with Crippen molar-refractivity contribution in [2.45, 2.75) is 0 Å². The minimum absolute atomic E-state index is 0.224. The Bertz CT molecular complexity index is 365. The summed E-state index contributed by atoms with van der Waals surface area (Å²) in [4.78, 5) is 0. The predicted octanol–water partition coefficient (Wildman–Crippen LogP) is 5.15. The topological polar surface area (TPSA) is 0 Å². The van der Waals surface area contributed by atoms with Gasteiger partial charge in [0.25, 0.3) is 0 Å². The van der Waals surface area contributed by atoms with E-state index in [0.717, 1.165) is 5.56 Å². The van der Waals surface area contributed by atoms with Gasteiger partial charge in [0.2, 0.25) is 0 Å². The molecule has 0 heterocycles. The van der Waals surface area contributed by atoms with Gasteiger partial charge in [-0.15, -0.1) is 0 Å². The zero-order valence-corrected chi connectivity index (χ0v) is 10.00. The van der Waals surface area contributed by atoms with Crippen LogP contribution in [0.25, 0.3) is 5.03 Å². The second-order valence-electron chi connectivity index (χ2n) is 2.45. The summed E-state index contributed by atoms with van der Waals surface area (Å²) in [6.07, 6.45) is 0. The molecule has 0 amide bonds. The molecule has 0 aliphatic rings. The van der Waals surface area contributed by atoms with E-state index in [1.807, 2.05) is 30.3 Å². The summed E-state index contributed by atoms with van der Waals surface area (Å²) in [6, 6.07) is 9.28. The van der Waals surface area contributed by atoms with E-state index < -0.39 is 0 Å². The fraction of sp³-hybridized carbons (Fsp3) is 0. The molecule has 1 aromatic carbocycles. The lowest BCUT2D eigenvalue weighted by Gasteiger charge is -2.02. The van der Waals surface area contributed by atoms with Crippen molar-refractivity contribution in [2.24, 2.45) is 0 Å². The lowest BCUT2D eigenvalue weighted by atomic mass is 10.2. The Balaban J connectivity index is 3.12. The van der Waals surface area contributed by atoms with Crippen molar-refractivity contribution in [1.29, 1.82) is 0 Å². The summed E-state index contributed by atoms with van der Waals surface area (Å²) in [5.74, 6) is 0. The molecule has 0 saturated carbocycles. The summed E-state index contributed by atoms with van der Waals surface area (Å²) >= 11 is 23.0. The molecule has 0 fully saturated rings. The number of hydrogen-bond acceptors (Lipinski definition) is 0. The summed E-state index contributed by atoms with van der Waals surface area (Å²) in [5.41, 5.74) is 1.98. The van der Waals surface area contributed by atoms with Crippen molar-refractivity contribution in [2.75, 3.05) is 0 Å². The molecular formula is C10H6Cl4. The van der Waals surface area contributed by atoms with Gasteiger partial charge in [-0.2, -0.15) is 0 Å². The van der Waals surface area contributed by atoms with Crippen LogP contribution in [0.3, 0.4) is 0 Å². The van der Waals surface area contributed by atoms with Gasteiger partial charge in [-0.3, -0.25) is 0 Å². The average Bonchev–Trinajstić information content (AvgIpc) is 2.27. The first kappa shape index (κ1) is 11.9. The Morgan fingerprint density at radius 2 is 1.57 bits per heavy atom. The molecule has 0 spiro atoms. The number of hydrogen-bond donors (Lipinski definition) is 0. The van der Waals surface area contributed by atoms with E-state index in [-0.39, 0.29) is 10.1 Å². The average molecular weight is 268 g/mol. The molecule has 0 aliphatic heterocycles. The number of benzene rings is 1. The van der Waals surface area contributed by atoms with Crippen LogP contribution in [0.4, 0.5) is 0 Å². The smallest absolute Gasteiger partial charge is 0.0793 e. The van der Waals surface area contributed by atoms with Crippen molar-refractivity contribution in [3.63, 3.8) is 0 Å². The van der Waals surface area contributed by atoms with Gasteiger partial charge in [0.15, 0.2) is 0 Å². The quantitative estimate of drug-likeness (QED) is 0.650. The summed E-state index contributed by atoms with van der Waals surface area (Å²) < 4.78 is 0. The molecule has 0 radical (unpaired) electrons. The van der Waals surface area contributed by atoms with Gasteiger partial charge in [0, 0.05) is 5.54 Å². The molecule has 0 N–H and O–H groups in total. The Morgan fingerprint density at radius 1 is 1.00 bits per heavy atom. The van der Waals surface area contributed by atoms with Gasteiger partial charge in [-0.25, -0.2) is 0 Å². The molecule has 0 aromatic heterocycles. The van der Waals surface area contributed by atoms with E-state index in [0.29, 0.717) is 5.03 Å². The lowest BCUT2D eigenvalue weighted by molar-refractivity contribution is 1.64. The van der Waals surface area contributed by atoms with E-state index in [2.05, 4.69) is 0 Å². The van der Waals surface area contributed by atoms with Crippen LogP contribution in [0.1, 0.15) is 5.56 Å². The van der Waals surface area contributed by atoms with Crippen LogP contribution in [0, 0.1) is 0 Å². The SMILES string of the molecule is ClC=C(Cl)C(Cl)=C(Cl)c1ccccc1. The third-order valence-electron chi connectivity index (χ3n) is 1.53. The first-order chi connectivity index (χ1) is 6.66. The number of rotatable bonds is 2. The van der Waals surface area contributed by atoms with E-state index in [1.54, 1.807) is 0 Å². The molecular weight excluding hydrogens is 262 g/mol. The number of halogens is 4. The first-order valence-electron chi connectivity index (χ1n) is 3.73. The molecule has 1 rings (SSSR count). The molecule has 0 atom stereocenters. The Labute approximate surface area is 103 Å². The van der Waals surface area contributed by atoms with Gasteiger partial charge in [0.1, 0.15) is 0 Å². The minimum Gasteiger partial charge on any atom is -0.0913 e. The van der Waals surface area contributed by atoms with Crippen LogP contribution in [0.5, 0.6) is 0 Å². The minimum atomic E-state index is 0.224. The molecule has 4 heteroatoms. The Hall–Kier alpha value is -0.140. The zero-order chi connectivity index (χ0) is 10.6. The van der Waals surface area contributed by atoms with Crippen molar-refractivity contribution < 1.29 is 0 Å². The highest BCUT2D eigenvalue weighted by molar-refractivity contribution is 6.58. The Morgan fingerprint density at radius 3 is 2.07 bits per heavy atom. The van der Waals surface area contributed by atoms with Gasteiger partial charge >= 0.3 is 0 Å². The molecule has 0 bridgehead atoms. The van der Waals surface area contributed by atoms with Gasteiger partial charge in [-0.1, -0.05) is 76.7 Å². The van der Waals surface area contributed by atoms with Crippen molar-refractivity contribution >= 4 is 51.4 Å². The van der Waals surface area contributed by atoms with E-state index in [9.17, 15) is 0 Å². The monoisotopic (exact) mass is 266 g/mol. The maximum absolute atomic E-state index is 5.99. The second-order valence-corrected chi connectivity index (χ2v) is 3.83. The molecule has 0 aliphatic carbocycles. The van der Waals surface area contributed by atoms with Crippen LogP contribution in [0.2, 0.25) is 0 Å². The van der Waals surface area contributed by atoms with E-state index >= 15 is 0 Å². The largest absolute Gasteiger partial charge is 0.0913 e. The predicted molar refractivity (Wildman–Crippen MR) is 64.9 cm³/mol. The normalized spacial score (nSPS) is 13.9. The fourth-order valence-electron chi connectivity index (χ4n) is 0.864. The molecule has 14 heavy (non-hydrogen) atoms. The second kappa shape index (κ2) is 5.67. The molecule has 0 saturated heterocycles. The van der Waals surface area contributed by atoms with Crippen LogP contribution < -0.4 is 0 Å². The van der Waals surface area contributed by atoms with Crippen molar-refractivity contribution in [3.05, 3.63) is 51.5 Å². The number of allylic oxidation sites excluding steroid dienone is 2. The molecule has 1 aromatic rings. The summed E-state index contributed by atoms with van der Waals surface area (Å²) in [5, 5.41) is 0.853. The van der Waals surface area contributed by atoms with Crippen LogP contribution >= 0.6 is 46.4 Å². The van der Waals surface area contributed by atoms with Crippen LogP contribution in [0.15, 0.2) is 45.9 Å². The maximum atomic E-state index is 5.99. The third-order valence-corrected chi connectivity index (χ3v) is 3.15. The van der Waals surface area contributed by atoms with Crippen LogP contribution in [-0.4, -0.2) is 0 Å². The highest BCUT2D eigenvalue weighted by Crippen LogP contribution is 2.31. The first-order valence-corrected chi connectivity index (χ1v) is 5.30. The molecule has 74 valence electrons.